The van der Waals surface area contributed by atoms with Gasteiger partial charge >= 0.3 is 0 Å². The van der Waals surface area contributed by atoms with E-state index in [1.165, 1.54) is 0 Å². The minimum atomic E-state index is 0. The maximum atomic E-state index is 6.01. The van der Waals surface area contributed by atoms with Gasteiger partial charge in [0, 0.05) is 53.1 Å². The van der Waals surface area contributed by atoms with Crippen molar-refractivity contribution in [2.24, 2.45) is 7.05 Å². The summed E-state index contributed by atoms with van der Waals surface area (Å²) in [6.07, 6.45) is 1.89. The Morgan fingerprint density at radius 3 is 2.85 bits per heavy atom. The van der Waals surface area contributed by atoms with Gasteiger partial charge in [0.05, 0.1) is 10.5 Å². The van der Waals surface area contributed by atoms with Gasteiger partial charge in [-0.1, -0.05) is 11.6 Å². The maximum Gasteiger partial charge on any atom is 0.0939 e. The molecule has 2 rings (SSSR count). The van der Waals surface area contributed by atoms with E-state index in [-0.39, 0.29) is 29.6 Å². The Morgan fingerprint density at radius 1 is 1.46 bits per heavy atom. The Kier molecular flexibility index (Phi) is 3.72. The molecular weight excluding hydrogens is 215 g/mol. The molecule has 2 aromatic rings. The van der Waals surface area contributed by atoms with Crippen molar-refractivity contribution in [2.45, 2.75) is 4.90 Å². The molecule has 0 spiro atoms. The van der Waals surface area contributed by atoms with Crippen molar-refractivity contribution in [3.8, 4) is 0 Å². The first-order valence-corrected chi connectivity index (χ1v) is 4.32. The summed E-state index contributed by atoms with van der Waals surface area (Å²) in [5.74, 6) is 0. The third kappa shape index (κ3) is 2.05. The van der Waals surface area contributed by atoms with Crippen LogP contribution < -0.4 is 0 Å². The van der Waals surface area contributed by atoms with Crippen LogP contribution in [0.25, 0.3) is 10.9 Å². The van der Waals surface area contributed by atoms with E-state index in [1.54, 1.807) is 4.68 Å². The molecule has 0 unspecified atom stereocenters. The van der Waals surface area contributed by atoms with Gasteiger partial charge in [-0.05, 0) is 12.1 Å². The predicted molar refractivity (Wildman–Crippen MR) is 58.7 cm³/mol. The van der Waals surface area contributed by atoms with Crippen LogP contribution in [-0.4, -0.2) is 39.3 Å². The Hall–Kier alpha value is 0.330. The van der Waals surface area contributed by atoms with Crippen LogP contribution >= 0.6 is 24.2 Å². The summed E-state index contributed by atoms with van der Waals surface area (Å²) in [6.45, 7) is 0. The van der Waals surface area contributed by atoms with Crippen LogP contribution in [0, 0.1) is 0 Å². The fourth-order valence-electron chi connectivity index (χ4n) is 1.17. The van der Waals surface area contributed by atoms with Crippen molar-refractivity contribution < 1.29 is 0 Å². The molecule has 0 bridgehead atoms. The minimum absolute atomic E-state index is 0. The number of hydrogen-bond acceptors (Lipinski definition) is 2. The molecular formula is C8H7ClN2NaS. The fourth-order valence-corrected chi connectivity index (χ4v) is 1.57. The van der Waals surface area contributed by atoms with Crippen molar-refractivity contribution in [1.82, 2.24) is 9.78 Å². The monoisotopic (exact) mass is 221 g/mol. The molecule has 1 radical (unpaired) electrons. The molecule has 0 amide bonds. The first kappa shape index (κ1) is 11.4. The van der Waals surface area contributed by atoms with Gasteiger partial charge in [0.1, 0.15) is 0 Å². The predicted octanol–water partition coefficient (Wildman–Crippen LogP) is 2.13. The molecule has 5 heteroatoms. The van der Waals surface area contributed by atoms with Gasteiger partial charge in [-0.2, -0.15) is 5.10 Å². The largest absolute Gasteiger partial charge is 0.275 e. The van der Waals surface area contributed by atoms with E-state index >= 15 is 0 Å². The van der Waals surface area contributed by atoms with Gasteiger partial charge in [-0.25, -0.2) is 0 Å². The van der Waals surface area contributed by atoms with Crippen LogP contribution in [0.2, 0.25) is 5.02 Å². The Balaban J connectivity index is 0.000000845. The standard InChI is InChI=1S/C8H7ClN2S.Na/c1-11-4-5-6(10-11)2-3-7(12)8(5)9;/h2-4,12H,1H3;. The van der Waals surface area contributed by atoms with Crippen LogP contribution in [0.4, 0.5) is 0 Å². The van der Waals surface area contributed by atoms with Crippen molar-refractivity contribution in [2.75, 3.05) is 0 Å². The van der Waals surface area contributed by atoms with Gasteiger partial charge in [0.25, 0.3) is 0 Å². The second kappa shape index (κ2) is 4.24. The van der Waals surface area contributed by atoms with E-state index in [0.29, 0.717) is 5.02 Å². The number of hydrogen-bond donors (Lipinski definition) is 1. The van der Waals surface area contributed by atoms with E-state index in [2.05, 4.69) is 17.7 Å². The molecule has 1 heterocycles. The van der Waals surface area contributed by atoms with Gasteiger partial charge in [-0.15, -0.1) is 12.6 Å². The van der Waals surface area contributed by atoms with Crippen LogP contribution in [0.15, 0.2) is 23.2 Å². The average Bonchev–Trinajstić information content (AvgIpc) is 2.39. The fraction of sp³-hybridized carbons (Fsp3) is 0.125. The molecule has 0 aliphatic heterocycles. The van der Waals surface area contributed by atoms with Crippen LogP contribution in [0.5, 0.6) is 0 Å². The van der Waals surface area contributed by atoms with Gasteiger partial charge in [0.15, 0.2) is 0 Å². The number of fused-ring (bicyclic) bond motifs is 1. The van der Waals surface area contributed by atoms with Gasteiger partial charge in [0.2, 0.25) is 0 Å². The molecule has 1 aromatic carbocycles. The van der Waals surface area contributed by atoms with Gasteiger partial charge in [-0.3, -0.25) is 4.68 Å². The summed E-state index contributed by atoms with van der Waals surface area (Å²) in [7, 11) is 1.87. The first-order valence-electron chi connectivity index (χ1n) is 3.49. The summed E-state index contributed by atoms with van der Waals surface area (Å²) in [5, 5.41) is 5.83. The molecule has 0 atom stereocenters. The van der Waals surface area contributed by atoms with Crippen LogP contribution in [0.3, 0.4) is 0 Å². The van der Waals surface area contributed by atoms with E-state index in [4.69, 9.17) is 11.6 Å². The van der Waals surface area contributed by atoms with E-state index in [0.717, 1.165) is 15.8 Å². The minimum Gasteiger partial charge on any atom is -0.275 e. The molecule has 13 heavy (non-hydrogen) atoms. The smallest absolute Gasteiger partial charge is 0.0939 e. The SMILES string of the molecule is Cn1cc2c(Cl)c(S)ccc2n1.[Na]. The Labute approximate surface area is 109 Å². The van der Waals surface area contributed by atoms with Crippen molar-refractivity contribution in [3.05, 3.63) is 23.4 Å². The number of aryl methyl sites for hydroxylation is 1. The number of aromatic nitrogens is 2. The molecule has 0 aliphatic carbocycles. The van der Waals surface area contributed by atoms with Crippen molar-refractivity contribution in [3.63, 3.8) is 0 Å². The Bertz CT molecular complexity index is 441. The first-order chi connectivity index (χ1) is 5.68. The van der Waals surface area contributed by atoms with Crippen LogP contribution in [0.1, 0.15) is 0 Å². The molecule has 0 saturated carbocycles. The maximum absolute atomic E-state index is 6.01. The Morgan fingerprint density at radius 2 is 2.15 bits per heavy atom. The number of nitrogens with zero attached hydrogens (tertiary/aromatic N) is 2. The molecule has 0 saturated heterocycles. The topological polar surface area (TPSA) is 17.8 Å². The number of rotatable bonds is 0. The van der Waals surface area contributed by atoms with Crippen molar-refractivity contribution in [1.29, 1.82) is 0 Å². The summed E-state index contributed by atoms with van der Waals surface area (Å²) in [6, 6.07) is 3.75. The summed E-state index contributed by atoms with van der Waals surface area (Å²) >= 11 is 10.2. The third-order valence-electron chi connectivity index (χ3n) is 1.72. The second-order valence-electron chi connectivity index (χ2n) is 2.63. The van der Waals surface area contributed by atoms with Gasteiger partial charge < -0.3 is 0 Å². The summed E-state index contributed by atoms with van der Waals surface area (Å²) in [5.41, 5.74) is 0.903. The molecule has 0 fully saturated rings. The summed E-state index contributed by atoms with van der Waals surface area (Å²) in [4.78, 5) is 0.789. The van der Waals surface area contributed by atoms with E-state index in [9.17, 15) is 0 Å². The quantitative estimate of drug-likeness (QED) is 0.533. The average molecular weight is 222 g/mol. The second-order valence-corrected chi connectivity index (χ2v) is 3.49. The molecule has 0 aliphatic rings. The van der Waals surface area contributed by atoms with E-state index < -0.39 is 0 Å². The van der Waals surface area contributed by atoms with E-state index in [1.807, 2.05) is 25.4 Å². The molecule has 0 N–H and O–H groups in total. The number of benzene rings is 1. The molecule has 63 valence electrons. The number of thiol groups is 1. The third-order valence-corrected chi connectivity index (χ3v) is 2.63. The molecule has 1 aromatic heterocycles. The zero-order chi connectivity index (χ0) is 8.72. The number of halogens is 1. The normalized spacial score (nSPS) is 10.1. The summed E-state index contributed by atoms with van der Waals surface area (Å²) < 4.78 is 1.74. The van der Waals surface area contributed by atoms with Crippen molar-refractivity contribution >= 4 is 64.7 Å². The zero-order valence-corrected chi connectivity index (χ0v) is 11.1. The zero-order valence-electron chi connectivity index (χ0n) is 7.45. The molecule has 2 nitrogen and oxygen atoms in total. The van der Waals surface area contributed by atoms with Crippen LogP contribution in [-0.2, 0) is 7.05 Å².